The summed E-state index contributed by atoms with van der Waals surface area (Å²) < 4.78 is 0. The van der Waals surface area contributed by atoms with E-state index >= 15 is 0 Å². The number of anilines is 2. The summed E-state index contributed by atoms with van der Waals surface area (Å²) >= 11 is 2.32. The Balaban J connectivity index is 1.15. The number of carboxylic acid groups (broad SMARTS) is 2. The van der Waals surface area contributed by atoms with E-state index in [4.69, 9.17) is 0 Å². The van der Waals surface area contributed by atoms with Gasteiger partial charge in [-0.2, -0.15) is 0 Å². The average molecular weight is 747 g/mol. The first kappa shape index (κ1) is 37.1. The van der Waals surface area contributed by atoms with Crippen LogP contribution in [0, 0.1) is 13.8 Å². The Morgan fingerprint density at radius 2 is 1.08 bits per heavy atom. The standard InChI is InChI=1S/C36H42N8O6S2/c1-19-23(11-9-13-25(19)37-29(45)33-41-39-31(51-33)21(3)43-17-7-5-15-27(43)35(47)48)24-12-10-14-26(20(24)2)38-30(46)34-42-40-32(52-34)22(4)44-18-8-6-16-28(44)36(49)50/h9-14,21-22,27-28H,5-8,15-18H2,1-4H3,(H,37,45)(H,38,46)(H,47,48)(H,49,50)/t21-,22-,27-,28-/m0/s1. The molecular formula is C36H42N8O6S2. The van der Waals surface area contributed by atoms with Gasteiger partial charge < -0.3 is 20.8 Å². The fourth-order valence-corrected chi connectivity index (χ4v) is 8.74. The van der Waals surface area contributed by atoms with Crippen molar-refractivity contribution >= 4 is 57.8 Å². The molecule has 274 valence electrons. The molecule has 4 heterocycles. The smallest absolute Gasteiger partial charge is 0.320 e. The van der Waals surface area contributed by atoms with Crippen molar-refractivity contribution in [3.8, 4) is 11.1 Å². The first-order valence-corrected chi connectivity index (χ1v) is 19.0. The Labute approximate surface area is 309 Å². The maximum atomic E-state index is 13.4. The summed E-state index contributed by atoms with van der Waals surface area (Å²) in [5.74, 6) is -2.52. The Morgan fingerprint density at radius 3 is 1.46 bits per heavy atom. The molecule has 2 aliphatic heterocycles. The minimum absolute atomic E-state index is 0.184. The SMILES string of the molecule is Cc1c(NC(=O)c2nnc([C@H](C)N3CCCC[C@H]3C(=O)O)s2)cccc1-c1cccc(NC(=O)c2nnc([C@H](C)N3CCCC[C@H]3C(=O)O)s2)c1C. The normalized spacial score (nSPS) is 19.5. The Hall–Kier alpha value is -4.64. The quantitative estimate of drug-likeness (QED) is 0.137. The van der Waals surface area contributed by atoms with Crippen LogP contribution in [-0.2, 0) is 9.59 Å². The molecule has 0 bridgehead atoms. The molecule has 2 aliphatic rings. The van der Waals surface area contributed by atoms with Crippen molar-refractivity contribution in [2.45, 2.75) is 90.4 Å². The highest BCUT2D eigenvalue weighted by atomic mass is 32.1. The maximum Gasteiger partial charge on any atom is 0.320 e. The van der Waals surface area contributed by atoms with Crippen molar-refractivity contribution in [2.75, 3.05) is 23.7 Å². The van der Waals surface area contributed by atoms with Crippen LogP contribution in [-0.4, -0.2) is 89.3 Å². The minimum atomic E-state index is -0.852. The zero-order valence-corrected chi connectivity index (χ0v) is 31.1. The van der Waals surface area contributed by atoms with Crippen molar-refractivity contribution in [1.29, 1.82) is 0 Å². The van der Waals surface area contributed by atoms with E-state index in [2.05, 4.69) is 31.0 Å². The molecule has 52 heavy (non-hydrogen) atoms. The van der Waals surface area contributed by atoms with Crippen LogP contribution in [0.15, 0.2) is 36.4 Å². The monoisotopic (exact) mass is 746 g/mol. The molecule has 0 unspecified atom stereocenters. The van der Waals surface area contributed by atoms with Crippen LogP contribution in [0.25, 0.3) is 11.1 Å². The third-order valence-electron chi connectivity index (χ3n) is 10.1. The van der Waals surface area contributed by atoms with Gasteiger partial charge in [-0.25, -0.2) is 0 Å². The zero-order chi connectivity index (χ0) is 37.1. The van der Waals surface area contributed by atoms with Gasteiger partial charge in [0.2, 0.25) is 10.0 Å². The lowest BCUT2D eigenvalue weighted by Crippen LogP contribution is -2.45. The molecule has 4 aromatic rings. The van der Waals surface area contributed by atoms with Crippen molar-refractivity contribution < 1.29 is 29.4 Å². The summed E-state index contributed by atoms with van der Waals surface area (Å²) in [6.07, 6.45) is 4.70. The van der Waals surface area contributed by atoms with Gasteiger partial charge in [0.05, 0.1) is 12.1 Å². The van der Waals surface area contributed by atoms with Gasteiger partial charge in [-0.1, -0.05) is 59.8 Å². The van der Waals surface area contributed by atoms with Crippen molar-refractivity contribution in [3.63, 3.8) is 0 Å². The fourth-order valence-electron chi connectivity index (χ4n) is 7.12. The van der Waals surface area contributed by atoms with Crippen LogP contribution in [0.1, 0.15) is 105 Å². The molecule has 0 aliphatic carbocycles. The van der Waals surface area contributed by atoms with E-state index in [9.17, 15) is 29.4 Å². The summed E-state index contributed by atoms with van der Waals surface area (Å²) in [5, 5.41) is 43.7. The molecule has 2 saturated heterocycles. The largest absolute Gasteiger partial charge is 0.480 e. The van der Waals surface area contributed by atoms with Crippen LogP contribution < -0.4 is 10.6 Å². The number of likely N-dealkylation sites (tertiary alicyclic amines) is 2. The lowest BCUT2D eigenvalue weighted by molar-refractivity contribution is -0.146. The molecule has 4 atom stereocenters. The number of hydrogen-bond acceptors (Lipinski definition) is 12. The first-order valence-electron chi connectivity index (χ1n) is 17.4. The van der Waals surface area contributed by atoms with Gasteiger partial charge in [0.1, 0.15) is 22.1 Å². The fraction of sp³-hybridized carbons (Fsp3) is 0.444. The molecular weight excluding hydrogens is 705 g/mol. The second-order valence-corrected chi connectivity index (χ2v) is 15.3. The highest BCUT2D eigenvalue weighted by molar-refractivity contribution is 7.13. The van der Waals surface area contributed by atoms with E-state index < -0.39 is 35.8 Å². The number of amides is 2. The number of carbonyl (C=O) groups is 4. The summed E-state index contributed by atoms with van der Waals surface area (Å²) in [6.45, 7) is 8.91. The highest BCUT2D eigenvalue weighted by Crippen LogP contribution is 2.36. The van der Waals surface area contributed by atoms with Crippen LogP contribution in [0.2, 0.25) is 0 Å². The molecule has 0 saturated carbocycles. The molecule has 0 spiro atoms. The van der Waals surface area contributed by atoms with E-state index in [1.165, 1.54) is 0 Å². The zero-order valence-electron chi connectivity index (χ0n) is 29.5. The third-order valence-corrected chi connectivity index (χ3v) is 12.3. The van der Waals surface area contributed by atoms with E-state index in [1.54, 1.807) is 0 Å². The second-order valence-electron chi connectivity index (χ2n) is 13.3. The maximum absolute atomic E-state index is 13.4. The van der Waals surface area contributed by atoms with Crippen LogP contribution in [0.3, 0.4) is 0 Å². The van der Waals surface area contributed by atoms with E-state index in [0.29, 0.717) is 47.3 Å². The molecule has 2 aromatic carbocycles. The summed E-state index contributed by atoms with van der Waals surface area (Å²) in [6, 6.07) is 9.46. The molecule has 4 N–H and O–H groups in total. The van der Waals surface area contributed by atoms with E-state index in [0.717, 1.165) is 70.6 Å². The average Bonchev–Trinajstić information content (AvgIpc) is 3.85. The number of nitrogens with one attached hydrogen (secondary N) is 2. The van der Waals surface area contributed by atoms with Crippen LogP contribution >= 0.6 is 22.7 Å². The van der Waals surface area contributed by atoms with Gasteiger partial charge in [0, 0.05) is 11.4 Å². The van der Waals surface area contributed by atoms with Gasteiger partial charge in [0.25, 0.3) is 11.8 Å². The predicted octanol–water partition coefficient (Wildman–Crippen LogP) is 6.18. The summed E-state index contributed by atoms with van der Waals surface area (Å²) in [4.78, 5) is 54.2. The van der Waals surface area contributed by atoms with Crippen LogP contribution in [0.5, 0.6) is 0 Å². The van der Waals surface area contributed by atoms with Gasteiger partial charge in [-0.3, -0.25) is 29.0 Å². The van der Waals surface area contributed by atoms with Crippen LogP contribution in [0.4, 0.5) is 11.4 Å². The molecule has 16 heteroatoms. The molecule has 14 nitrogen and oxygen atoms in total. The first-order chi connectivity index (χ1) is 24.9. The van der Waals surface area contributed by atoms with E-state index in [-0.39, 0.29) is 22.1 Å². The van der Waals surface area contributed by atoms with Crippen molar-refractivity contribution in [3.05, 3.63) is 67.6 Å². The lowest BCUT2D eigenvalue weighted by atomic mass is 9.94. The predicted molar refractivity (Wildman–Crippen MR) is 198 cm³/mol. The number of hydrogen-bond donors (Lipinski definition) is 4. The number of aromatic nitrogens is 4. The van der Waals surface area contributed by atoms with Crippen molar-refractivity contribution in [1.82, 2.24) is 30.2 Å². The van der Waals surface area contributed by atoms with E-state index in [1.807, 2.05) is 73.9 Å². The number of carboxylic acids is 2. The molecule has 2 aromatic heterocycles. The lowest BCUT2D eigenvalue weighted by Gasteiger charge is -2.36. The Morgan fingerprint density at radius 1 is 0.673 bits per heavy atom. The van der Waals surface area contributed by atoms with Gasteiger partial charge in [-0.05, 0) is 101 Å². The number of rotatable bonds is 11. The Kier molecular flexibility index (Phi) is 11.4. The molecule has 2 amide bonds. The van der Waals surface area contributed by atoms with Crippen molar-refractivity contribution in [2.24, 2.45) is 0 Å². The third kappa shape index (κ3) is 7.74. The molecule has 0 radical (unpaired) electrons. The summed E-state index contributed by atoms with van der Waals surface area (Å²) in [7, 11) is 0. The minimum Gasteiger partial charge on any atom is -0.480 e. The second kappa shape index (κ2) is 15.9. The number of aliphatic carboxylic acids is 2. The summed E-state index contributed by atoms with van der Waals surface area (Å²) in [5.41, 5.74) is 4.56. The van der Waals surface area contributed by atoms with Gasteiger partial charge in [-0.15, -0.1) is 20.4 Å². The number of benzene rings is 2. The number of carbonyl (C=O) groups excluding carboxylic acids is 2. The Bertz CT molecular complexity index is 1840. The number of nitrogens with zero attached hydrogens (tertiary/aromatic N) is 6. The van der Waals surface area contributed by atoms with Gasteiger partial charge >= 0.3 is 11.9 Å². The molecule has 2 fully saturated rings. The highest BCUT2D eigenvalue weighted by Gasteiger charge is 2.35. The molecule has 6 rings (SSSR count). The topological polar surface area (TPSA) is 191 Å². The van der Waals surface area contributed by atoms with Gasteiger partial charge in [0.15, 0.2) is 0 Å². The number of piperidine rings is 2.